The van der Waals surface area contributed by atoms with Gasteiger partial charge in [-0.1, -0.05) is 58.4 Å². The first-order valence-electron chi connectivity index (χ1n) is 6.27. The molecule has 0 saturated carbocycles. The van der Waals surface area contributed by atoms with Crippen LogP contribution >= 0.6 is 15.9 Å². The van der Waals surface area contributed by atoms with Crippen molar-refractivity contribution in [1.29, 1.82) is 0 Å². The van der Waals surface area contributed by atoms with Gasteiger partial charge < -0.3 is 9.84 Å². The predicted octanol–water partition coefficient (Wildman–Crippen LogP) is 3.41. The molecule has 0 radical (unpaired) electrons. The second-order valence-electron chi connectivity index (χ2n) is 4.43. The highest BCUT2D eigenvalue weighted by molar-refractivity contribution is 9.09. The first kappa shape index (κ1) is 14.1. The Balaban J connectivity index is 1.91. The van der Waals surface area contributed by atoms with E-state index in [-0.39, 0.29) is 0 Å². The number of rotatable bonds is 6. The van der Waals surface area contributed by atoms with E-state index in [1.807, 2.05) is 18.2 Å². The Morgan fingerprint density at radius 3 is 2.21 bits per heavy atom. The molecule has 19 heavy (non-hydrogen) atoms. The number of hydrogen-bond donors (Lipinski definition) is 1. The number of hydrogen-bond acceptors (Lipinski definition) is 2. The highest BCUT2D eigenvalue weighted by Crippen LogP contribution is 2.15. The molecule has 2 nitrogen and oxygen atoms in total. The van der Waals surface area contributed by atoms with Crippen LogP contribution in [0, 0.1) is 0 Å². The summed E-state index contributed by atoms with van der Waals surface area (Å²) in [6, 6.07) is 18.4. The van der Waals surface area contributed by atoms with E-state index in [1.54, 1.807) is 0 Å². The van der Waals surface area contributed by atoms with Crippen LogP contribution in [0.2, 0.25) is 0 Å². The Bertz CT molecular complexity index is 482. The van der Waals surface area contributed by atoms with Crippen LogP contribution in [-0.4, -0.2) is 23.1 Å². The number of halogens is 1. The topological polar surface area (TPSA) is 29.5 Å². The molecule has 0 heterocycles. The molecule has 100 valence electrons. The zero-order valence-electron chi connectivity index (χ0n) is 10.6. The van der Waals surface area contributed by atoms with Crippen molar-refractivity contribution in [3.8, 4) is 5.75 Å². The average Bonchev–Trinajstić information content (AvgIpc) is 2.47. The molecule has 2 aromatic rings. The SMILES string of the molecule is OC(CBr)COc1ccc(Cc2ccccc2)cc1. The minimum absolute atomic E-state index is 0.309. The molecule has 0 amide bonds. The van der Waals surface area contributed by atoms with E-state index >= 15 is 0 Å². The van der Waals surface area contributed by atoms with Crippen molar-refractivity contribution in [1.82, 2.24) is 0 Å². The van der Waals surface area contributed by atoms with E-state index in [2.05, 4.69) is 52.3 Å². The first-order valence-corrected chi connectivity index (χ1v) is 7.40. The Labute approximate surface area is 122 Å². The van der Waals surface area contributed by atoms with Crippen molar-refractivity contribution in [2.45, 2.75) is 12.5 Å². The van der Waals surface area contributed by atoms with Gasteiger partial charge in [-0.3, -0.25) is 0 Å². The molecule has 0 spiro atoms. The second-order valence-corrected chi connectivity index (χ2v) is 5.07. The molecule has 1 atom stereocenters. The highest BCUT2D eigenvalue weighted by Gasteiger charge is 2.03. The van der Waals surface area contributed by atoms with Gasteiger partial charge >= 0.3 is 0 Å². The maximum Gasteiger partial charge on any atom is 0.119 e. The molecule has 0 aromatic heterocycles. The molecule has 0 aliphatic carbocycles. The summed E-state index contributed by atoms with van der Waals surface area (Å²) in [7, 11) is 0. The third-order valence-corrected chi connectivity index (χ3v) is 3.54. The number of aliphatic hydroxyl groups is 1. The fraction of sp³-hybridized carbons (Fsp3) is 0.250. The minimum atomic E-state index is -0.469. The van der Waals surface area contributed by atoms with Crippen molar-refractivity contribution >= 4 is 15.9 Å². The van der Waals surface area contributed by atoms with Gasteiger partial charge in [-0.15, -0.1) is 0 Å². The molecular weight excluding hydrogens is 304 g/mol. The van der Waals surface area contributed by atoms with Crippen LogP contribution in [-0.2, 0) is 6.42 Å². The lowest BCUT2D eigenvalue weighted by atomic mass is 10.1. The van der Waals surface area contributed by atoms with Crippen molar-refractivity contribution in [2.24, 2.45) is 0 Å². The Kier molecular flexibility index (Phi) is 5.43. The van der Waals surface area contributed by atoms with Crippen molar-refractivity contribution in [3.05, 3.63) is 65.7 Å². The van der Waals surface area contributed by atoms with Crippen LogP contribution in [0.25, 0.3) is 0 Å². The predicted molar refractivity (Wildman–Crippen MR) is 81.0 cm³/mol. The molecule has 0 aliphatic rings. The average molecular weight is 321 g/mol. The van der Waals surface area contributed by atoms with E-state index in [0.29, 0.717) is 11.9 Å². The third kappa shape index (κ3) is 4.69. The van der Waals surface area contributed by atoms with Crippen LogP contribution < -0.4 is 4.74 Å². The molecule has 0 saturated heterocycles. The summed E-state index contributed by atoms with van der Waals surface area (Å²) in [6.07, 6.45) is 0.453. The molecule has 0 bridgehead atoms. The van der Waals surface area contributed by atoms with Gasteiger partial charge in [0.05, 0.1) is 6.10 Å². The van der Waals surface area contributed by atoms with Crippen molar-refractivity contribution < 1.29 is 9.84 Å². The Morgan fingerprint density at radius 1 is 0.947 bits per heavy atom. The summed E-state index contributed by atoms with van der Waals surface area (Å²) in [4.78, 5) is 0. The van der Waals surface area contributed by atoms with Crippen LogP contribution in [0.1, 0.15) is 11.1 Å². The fourth-order valence-electron chi connectivity index (χ4n) is 1.77. The van der Waals surface area contributed by atoms with Crippen molar-refractivity contribution in [2.75, 3.05) is 11.9 Å². The number of benzene rings is 2. The molecule has 2 rings (SSSR count). The lowest BCUT2D eigenvalue weighted by molar-refractivity contribution is 0.127. The number of aliphatic hydroxyl groups excluding tert-OH is 1. The third-order valence-electron chi connectivity index (χ3n) is 2.79. The maximum atomic E-state index is 9.40. The molecule has 1 unspecified atom stereocenters. The van der Waals surface area contributed by atoms with Gasteiger partial charge in [0, 0.05) is 5.33 Å². The normalized spacial score (nSPS) is 12.1. The molecule has 0 aliphatic heterocycles. The van der Waals surface area contributed by atoms with Crippen LogP contribution in [0.3, 0.4) is 0 Å². The zero-order chi connectivity index (χ0) is 13.5. The molecule has 0 fully saturated rings. The van der Waals surface area contributed by atoms with E-state index in [1.165, 1.54) is 11.1 Å². The summed E-state index contributed by atoms with van der Waals surface area (Å²) in [5.74, 6) is 0.789. The van der Waals surface area contributed by atoms with E-state index < -0.39 is 6.10 Å². The number of ether oxygens (including phenoxy) is 1. The quantitative estimate of drug-likeness (QED) is 0.826. The zero-order valence-corrected chi connectivity index (χ0v) is 12.2. The molecule has 1 N–H and O–H groups in total. The molecule has 3 heteroatoms. The largest absolute Gasteiger partial charge is 0.491 e. The van der Waals surface area contributed by atoms with Gasteiger partial charge in [0.1, 0.15) is 12.4 Å². The van der Waals surface area contributed by atoms with Gasteiger partial charge in [-0.2, -0.15) is 0 Å². The summed E-state index contributed by atoms with van der Waals surface area (Å²) in [5.41, 5.74) is 2.55. The maximum absolute atomic E-state index is 9.40. The second kappa shape index (κ2) is 7.31. The minimum Gasteiger partial charge on any atom is -0.491 e. The lowest BCUT2D eigenvalue weighted by Gasteiger charge is -2.10. The number of alkyl halides is 1. The summed E-state index contributed by atoms with van der Waals surface area (Å²) in [6.45, 7) is 0.309. The molecular formula is C16H17BrO2. The Morgan fingerprint density at radius 2 is 1.58 bits per heavy atom. The van der Waals surface area contributed by atoms with Gasteiger partial charge in [0.15, 0.2) is 0 Å². The van der Waals surface area contributed by atoms with Gasteiger partial charge in [0.2, 0.25) is 0 Å². The van der Waals surface area contributed by atoms with E-state index in [0.717, 1.165) is 12.2 Å². The molecule has 2 aromatic carbocycles. The summed E-state index contributed by atoms with van der Waals surface area (Å²) >= 11 is 3.21. The van der Waals surface area contributed by atoms with Crippen LogP contribution in [0.4, 0.5) is 0 Å². The van der Waals surface area contributed by atoms with E-state index in [9.17, 15) is 5.11 Å². The van der Waals surface area contributed by atoms with Crippen LogP contribution in [0.5, 0.6) is 5.75 Å². The Hall–Kier alpha value is -1.32. The highest BCUT2D eigenvalue weighted by atomic mass is 79.9. The van der Waals surface area contributed by atoms with Gasteiger partial charge in [-0.05, 0) is 29.7 Å². The smallest absolute Gasteiger partial charge is 0.119 e. The van der Waals surface area contributed by atoms with E-state index in [4.69, 9.17) is 4.74 Å². The summed E-state index contributed by atoms with van der Waals surface area (Å²) < 4.78 is 5.48. The van der Waals surface area contributed by atoms with Crippen molar-refractivity contribution in [3.63, 3.8) is 0 Å². The summed E-state index contributed by atoms with van der Waals surface area (Å²) in [5, 5.41) is 9.92. The first-order chi connectivity index (χ1) is 9.28. The monoisotopic (exact) mass is 320 g/mol. The van der Waals surface area contributed by atoms with Gasteiger partial charge in [0.25, 0.3) is 0 Å². The lowest BCUT2D eigenvalue weighted by Crippen LogP contribution is -2.18. The fourth-order valence-corrected chi connectivity index (χ4v) is 1.96. The van der Waals surface area contributed by atoms with Crippen LogP contribution in [0.15, 0.2) is 54.6 Å². The van der Waals surface area contributed by atoms with Gasteiger partial charge in [-0.25, -0.2) is 0 Å². The standard InChI is InChI=1S/C16H17BrO2/c17-11-15(18)12-19-16-8-6-14(7-9-16)10-13-4-2-1-3-5-13/h1-9,15,18H,10-12H2.